The van der Waals surface area contributed by atoms with Gasteiger partial charge >= 0.3 is 10.4 Å². The number of carbonyl (C=O) groups excluding carboxylic acids is 3. The first-order valence-electron chi connectivity index (χ1n) is 24.6. The number of amides is 3. The standard InChI is InChI=1S/C42H71N3O33S/c1-10-22(52)28(58)31(61)40(69-10)78-36-30(60)24(54)15(6-47)73-42(36)77-35-21(45-13(4)51)39(71-16(7-48)25(35)55)76-34-20(44-12(3)50)37(63)70-17(26(34)56)8-67-38-19(43-11(2)49)27(57)33(18(74-38)9-68-79(64,65)66)75-41-32(62)29(59)23(53)14(5-46)72-41/h10,14-42,46-48,52-63H,5-9H2,1-4H3,(H,43,49)(H,44,50)(H,45,51)(H,64,65,66)/t10-,14+,15+,16+,17+,18+,19+,20+,21+,22+,23-,24-,25+,26-,27+,28+,29-,30-,31-,32+,33+,34+,35+,36+,37+,38+,39-,40-,41-,42-/m0/s1. The zero-order valence-corrected chi connectivity index (χ0v) is 43.2. The number of hydrogen-bond acceptors (Lipinski definition) is 32. The molecule has 3 amide bonds. The Labute approximate surface area is 448 Å². The van der Waals surface area contributed by atoms with Crippen LogP contribution in [0.4, 0.5) is 0 Å². The fraction of sp³-hybridized carbons (Fsp3) is 0.929. The van der Waals surface area contributed by atoms with Crippen molar-refractivity contribution in [2.45, 2.75) is 212 Å². The van der Waals surface area contributed by atoms with Gasteiger partial charge in [0.15, 0.2) is 37.7 Å². The van der Waals surface area contributed by atoms with Crippen LogP contribution in [0.15, 0.2) is 0 Å². The topological polar surface area (TPSA) is 556 Å². The molecule has 0 aliphatic carbocycles. The van der Waals surface area contributed by atoms with Crippen LogP contribution in [0.2, 0.25) is 0 Å². The van der Waals surface area contributed by atoms with Crippen LogP contribution in [-0.4, -0.2) is 324 Å². The Balaban J connectivity index is 1.28. The SMILES string of the molecule is CC(=O)N[C@@H]1[C@@H](O[C@@H]2O[C@H](CO)[C@@H](O)[C@H](O[C@@H]3O[C@H](CO)[C@H](O)[C@H](O)[C@H]3O[C@@H]3O[C@@H](C)[C@@H](O)[C@@H](O)[C@@H]3O)[C@H]2NC(C)=O)[C@@H](O)[C@@H](CO[C@@H]2O[C@H](COS(=O)(=O)O)[C@@H](O[C@@H]3O[C@H](CO)[C@H](O)[C@H](O)[C@H]3O)[C@H](O)[C@H]2NC(C)=O)O[C@H]1O. The van der Waals surface area contributed by atoms with Crippen LogP contribution in [0.3, 0.4) is 0 Å². The molecule has 0 radical (unpaired) electrons. The molecule has 6 aliphatic rings. The number of nitrogens with one attached hydrogen (secondary N) is 3. The summed E-state index contributed by atoms with van der Waals surface area (Å²) >= 11 is 0. The molecule has 0 spiro atoms. The van der Waals surface area contributed by atoms with Crippen LogP contribution in [-0.2, 0) is 81.1 Å². The fourth-order valence-electron chi connectivity index (χ4n) is 9.69. The molecule has 19 N–H and O–H groups in total. The van der Waals surface area contributed by atoms with Gasteiger partial charge in [0.25, 0.3) is 0 Å². The van der Waals surface area contributed by atoms with Crippen LogP contribution in [0.5, 0.6) is 0 Å². The molecule has 79 heavy (non-hydrogen) atoms. The largest absolute Gasteiger partial charge is 0.397 e. The van der Waals surface area contributed by atoms with Gasteiger partial charge in [-0.3, -0.25) is 18.9 Å². The van der Waals surface area contributed by atoms with E-state index >= 15 is 0 Å². The molecular weight excluding hydrogens is 1110 g/mol. The molecule has 0 aromatic carbocycles. The Morgan fingerprint density at radius 1 is 0.418 bits per heavy atom. The Kier molecular flexibility index (Phi) is 23.0. The number of carbonyl (C=O) groups is 3. The summed E-state index contributed by atoms with van der Waals surface area (Å²) in [4.78, 5) is 38.0. The van der Waals surface area contributed by atoms with Gasteiger partial charge in [-0.05, 0) is 6.92 Å². The minimum atomic E-state index is -5.29. The minimum Gasteiger partial charge on any atom is -0.394 e. The second-order valence-electron chi connectivity index (χ2n) is 19.5. The number of ether oxygens (including phenoxy) is 11. The molecule has 37 heteroatoms. The minimum absolute atomic E-state index is 0.861. The average molecular weight is 1180 g/mol. The summed E-state index contributed by atoms with van der Waals surface area (Å²) in [6.07, 6.45) is -51.7. The van der Waals surface area contributed by atoms with Gasteiger partial charge in [0, 0.05) is 20.8 Å². The summed E-state index contributed by atoms with van der Waals surface area (Å²) < 4.78 is 101. The van der Waals surface area contributed by atoms with E-state index in [9.17, 15) is 104 Å². The highest BCUT2D eigenvalue weighted by atomic mass is 32.3. The van der Waals surface area contributed by atoms with Crippen molar-refractivity contribution in [3.63, 3.8) is 0 Å². The summed E-state index contributed by atoms with van der Waals surface area (Å²) in [6, 6.07) is -5.41. The van der Waals surface area contributed by atoms with Gasteiger partial charge in [0.1, 0.15) is 140 Å². The summed E-state index contributed by atoms with van der Waals surface area (Å²) in [7, 11) is -5.29. The maximum Gasteiger partial charge on any atom is 0.397 e. The molecule has 0 aromatic rings. The van der Waals surface area contributed by atoms with Crippen molar-refractivity contribution in [1.82, 2.24) is 16.0 Å². The number of aliphatic hydroxyl groups excluding tert-OH is 15. The smallest absolute Gasteiger partial charge is 0.394 e. The predicted molar refractivity (Wildman–Crippen MR) is 243 cm³/mol. The highest BCUT2D eigenvalue weighted by molar-refractivity contribution is 7.80. The quantitative estimate of drug-likeness (QED) is 0.0503. The van der Waals surface area contributed by atoms with Gasteiger partial charge < -0.3 is 145 Å². The normalized spacial score (nSPS) is 47.0. The number of hydrogen-bond donors (Lipinski definition) is 19. The third-order valence-corrected chi connectivity index (χ3v) is 14.2. The van der Waals surface area contributed by atoms with E-state index in [0.29, 0.717) is 0 Å². The van der Waals surface area contributed by atoms with E-state index in [1.165, 1.54) is 6.92 Å². The third-order valence-electron chi connectivity index (χ3n) is 13.8. The lowest BCUT2D eigenvalue weighted by atomic mass is 9.93. The van der Waals surface area contributed by atoms with Crippen LogP contribution in [0.1, 0.15) is 27.7 Å². The van der Waals surface area contributed by atoms with Gasteiger partial charge in [-0.15, -0.1) is 0 Å². The van der Waals surface area contributed by atoms with Crippen molar-refractivity contribution in [3.8, 4) is 0 Å². The molecule has 6 aliphatic heterocycles. The first kappa shape index (κ1) is 65.4. The zero-order chi connectivity index (χ0) is 58.7. The second-order valence-corrected chi connectivity index (χ2v) is 20.6. The molecule has 30 atom stereocenters. The van der Waals surface area contributed by atoms with E-state index in [1.807, 2.05) is 0 Å². The van der Waals surface area contributed by atoms with E-state index in [2.05, 4.69) is 20.1 Å². The summed E-state index contributed by atoms with van der Waals surface area (Å²) in [5.41, 5.74) is 0. The van der Waals surface area contributed by atoms with Crippen LogP contribution >= 0.6 is 0 Å². The molecule has 6 heterocycles. The third kappa shape index (κ3) is 15.3. The molecule has 6 fully saturated rings. The van der Waals surface area contributed by atoms with Crippen molar-refractivity contribution in [1.29, 1.82) is 0 Å². The van der Waals surface area contributed by atoms with Crippen molar-refractivity contribution >= 4 is 28.1 Å². The van der Waals surface area contributed by atoms with E-state index < -0.39 is 245 Å². The maximum atomic E-state index is 12.9. The first-order chi connectivity index (χ1) is 37.0. The lowest BCUT2D eigenvalue weighted by Gasteiger charge is -2.50. The Bertz CT molecular complexity index is 2110. The second kappa shape index (κ2) is 27.8. The predicted octanol–water partition coefficient (Wildman–Crippen LogP) is -12.8. The molecule has 36 nitrogen and oxygen atoms in total. The summed E-state index contributed by atoms with van der Waals surface area (Å²) in [6.45, 7) is -0.907. The van der Waals surface area contributed by atoms with Crippen molar-refractivity contribution < 1.29 is 160 Å². The molecule has 0 bridgehead atoms. The lowest BCUT2D eigenvalue weighted by Crippen LogP contribution is -2.71. The Hall–Kier alpha value is -2.76. The molecule has 0 unspecified atom stereocenters. The molecule has 0 aromatic heterocycles. The van der Waals surface area contributed by atoms with Crippen molar-refractivity contribution in [3.05, 3.63) is 0 Å². The van der Waals surface area contributed by atoms with Gasteiger partial charge in [-0.2, -0.15) is 8.42 Å². The van der Waals surface area contributed by atoms with Gasteiger partial charge in [-0.1, -0.05) is 0 Å². The van der Waals surface area contributed by atoms with Gasteiger partial charge in [-0.25, -0.2) is 4.18 Å². The van der Waals surface area contributed by atoms with Crippen molar-refractivity contribution in [2.24, 2.45) is 0 Å². The van der Waals surface area contributed by atoms with E-state index in [-0.39, 0.29) is 0 Å². The highest BCUT2D eigenvalue weighted by Gasteiger charge is 2.58. The zero-order valence-electron chi connectivity index (χ0n) is 42.4. The van der Waals surface area contributed by atoms with Gasteiger partial charge in [0.2, 0.25) is 17.7 Å². The van der Waals surface area contributed by atoms with Crippen molar-refractivity contribution in [2.75, 3.05) is 33.0 Å². The molecule has 0 saturated carbocycles. The molecule has 458 valence electrons. The monoisotopic (exact) mass is 1180 g/mol. The molecular formula is C42H71N3O33S. The Morgan fingerprint density at radius 2 is 0.848 bits per heavy atom. The van der Waals surface area contributed by atoms with Crippen LogP contribution < -0.4 is 16.0 Å². The number of rotatable bonds is 20. The van der Waals surface area contributed by atoms with E-state index in [1.54, 1.807) is 0 Å². The summed E-state index contributed by atoms with van der Waals surface area (Å²) in [5, 5.41) is 169. The summed E-state index contributed by atoms with van der Waals surface area (Å²) in [5.74, 6) is -2.63. The lowest BCUT2D eigenvalue weighted by molar-refractivity contribution is -0.384. The van der Waals surface area contributed by atoms with E-state index in [4.69, 9.17) is 52.1 Å². The van der Waals surface area contributed by atoms with Crippen LogP contribution in [0, 0.1) is 0 Å². The molecule has 6 saturated heterocycles. The highest BCUT2D eigenvalue weighted by Crippen LogP contribution is 2.36. The van der Waals surface area contributed by atoms with Crippen LogP contribution in [0.25, 0.3) is 0 Å². The maximum absolute atomic E-state index is 12.9. The van der Waals surface area contributed by atoms with Gasteiger partial charge in [0.05, 0.1) is 39.1 Å². The average Bonchev–Trinajstić information content (AvgIpc) is 3.39. The Morgan fingerprint density at radius 3 is 1.42 bits per heavy atom. The fourth-order valence-corrected chi connectivity index (χ4v) is 9.99. The molecule has 6 rings (SSSR count). The van der Waals surface area contributed by atoms with E-state index in [0.717, 1.165) is 20.8 Å². The number of aliphatic hydroxyl groups is 15. The first-order valence-corrected chi connectivity index (χ1v) is 26.0.